The first-order valence-corrected chi connectivity index (χ1v) is 8.98. The van der Waals surface area contributed by atoms with Crippen LogP contribution in [0.4, 0.5) is 0 Å². The second-order valence-electron chi connectivity index (χ2n) is 6.37. The van der Waals surface area contributed by atoms with Crippen molar-refractivity contribution < 1.29 is 0 Å². The highest BCUT2D eigenvalue weighted by atomic mass is 79.9. The summed E-state index contributed by atoms with van der Waals surface area (Å²) in [5.74, 6) is 0.708. The molecule has 1 aliphatic rings. The molecule has 1 saturated carbocycles. The number of halogens is 1. The minimum atomic E-state index is 0.708. The van der Waals surface area contributed by atoms with Crippen molar-refractivity contribution in [1.29, 1.82) is 0 Å². The maximum absolute atomic E-state index is 3.61. The molecule has 0 spiro atoms. The molecule has 0 unspecified atom stereocenters. The molecule has 0 bridgehead atoms. The van der Waals surface area contributed by atoms with Crippen molar-refractivity contribution in [3.63, 3.8) is 0 Å². The fraction of sp³-hybridized carbons (Fsp3) is 0.182. The van der Waals surface area contributed by atoms with Crippen LogP contribution in [0.5, 0.6) is 0 Å². The monoisotopic (exact) mass is 362 g/mol. The van der Waals surface area contributed by atoms with Gasteiger partial charge in [0.25, 0.3) is 0 Å². The number of aryl methyl sites for hydroxylation is 1. The summed E-state index contributed by atoms with van der Waals surface area (Å²) in [6.07, 6.45) is 2.62. The van der Waals surface area contributed by atoms with Gasteiger partial charge in [-0.15, -0.1) is 0 Å². The van der Waals surface area contributed by atoms with Crippen molar-refractivity contribution in [2.45, 2.75) is 25.7 Å². The quantitative estimate of drug-likeness (QED) is 0.471. The third-order valence-electron chi connectivity index (χ3n) is 4.66. The van der Waals surface area contributed by atoms with Crippen molar-refractivity contribution in [2.75, 3.05) is 0 Å². The maximum atomic E-state index is 3.61. The first kappa shape index (κ1) is 14.7. The van der Waals surface area contributed by atoms with Crippen LogP contribution in [-0.4, -0.2) is 0 Å². The average Bonchev–Trinajstić information content (AvgIpc) is 3.39. The van der Waals surface area contributed by atoms with Crippen molar-refractivity contribution >= 4 is 15.9 Å². The van der Waals surface area contributed by atoms with Crippen LogP contribution in [0.15, 0.2) is 71.2 Å². The Balaban J connectivity index is 1.95. The van der Waals surface area contributed by atoms with Crippen LogP contribution >= 0.6 is 15.9 Å². The van der Waals surface area contributed by atoms with Gasteiger partial charge in [0.2, 0.25) is 0 Å². The lowest BCUT2D eigenvalue weighted by molar-refractivity contribution is 1.13. The van der Waals surface area contributed by atoms with E-state index in [1.54, 1.807) is 0 Å². The summed E-state index contributed by atoms with van der Waals surface area (Å²) in [6.45, 7) is 2.21. The molecule has 0 heterocycles. The molecule has 23 heavy (non-hydrogen) atoms. The van der Waals surface area contributed by atoms with Crippen LogP contribution in [0.3, 0.4) is 0 Å². The molecule has 1 heteroatoms. The van der Waals surface area contributed by atoms with Gasteiger partial charge < -0.3 is 0 Å². The van der Waals surface area contributed by atoms with Gasteiger partial charge in [0.15, 0.2) is 0 Å². The smallest absolute Gasteiger partial charge is 0.0181 e. The SMILES string of the molecule is Cc1ccccc1-c1cccc(-c2cccc(Br)c2)c1C1CC1. The molecule has 0 aliphatic heterocycles. The molecule has 0 atom stereocenters. The van der Waals surface area contributed by atoms with Gasteiger partial charge in [0.05, 0.1) is 0 Å². The second-order valence-corrected chi connectivity index (χ2v) is 7.28. The topological polar surface area (TPSA) is 0 Å². The first-order valence-electron chi connectivity index (χ1n) is 8.19. The van der Waals surface area contributed by atoms with E-state index in [9.17, 15) is 0 Å². The summed E-state index contributed by atoms with van der Waals surface area (Å²) in [4.78, 5) is 0. The molecule has 0 N–H and O–H groups in total. The molecule has 3 aromatic carbocycles. The van der Waals surface area contributed by atoms with E-state index < -0.39 is 0 Å². The Kier molecular flexibility index (Phi) is 3.82. The van der Waals surface area contributed by atoms with E-state index in [4.69, 9.17) is 0 Å². The van der Waals surface area contributed by atoms with E-state index in [-0.39, 0.29) is 0 Å². The molecule has 1 fully saturated rings. The third kappa shape index (κ3) is 2.86. The molecule has 114 valence electrons. The summed E-state index contributed by atoms with van der Waals surface area (Å²) >= 11 is 3.61. The van der Waals surface area contributed by atoms with Crippen LogP contribution in [0.1, 0.15) is 29.9 Å². The normalized spacial score (nSPS) is 14.0. The summed E-state index contributed by atoms with van der Waals surface area (Å²) in [7, 11) is 0. The maximum Gasteiger partial charge on any atom is 0.0181 e. The molecule has 0 aromatic heterocycles. The predicted octanol–water partition coefficient (Wildman–Crippen LogP) is 6.97. The lowest BCUT2D eigenvalue weighted by Gasteiger charge is -2.17. The fourth-order valence-corrected chi connectivity index (χ4v) is 3.79. The standard InChI is InChI=1S/C22H19Br/c1-15-6-2-3-9-19(15)21-11-5-10-20(22(21)16-12-13-16)17-7-4-8-18(23)14-17/h2-11,14,16H,12-13H2,1H3. The van der Waals surface area contributed by atoms with Crippen molar-refractivity contribution in [3.05, 3.63) is 82.3 Å². The Morgan fingerprint density at radius 1 is 0.783 bits per heavy atom. The van der Waals surface area contributed by atoms with Gasteiger partial charge in [-0.2, -0.15) is 0 Å². The lowest BCUT2D eigenvalue weighted by Crippen LogP contribution is -1.94. The van der Waals surface area contributed by atoms with Crippen LogP contribution in [0.25, 0.3) is 22.3 Å². The Hall–Kier alpha value is -1.86. The van der Waals surface area contributed by atoms with E-state index in [0.29, 0.717) is 5.92 Å². The molecular weight excluding hydrogens is 344 g/mol. The van der Waals surface area contributed by atoms with Crippen LogP contribution in [0, 0.1) is 6.92 Å². The van der Waals surface area contributed by atoms with Crippen LogP contribution < -0.4 is 0 Å². The van der Waals surface area contributed by atoms with Gasteiger partial charge >= 0.3 is 0 Å². The third-order valence-corrected chi connectivity index (χ3v) is 5.16. The molecule has 0 radical (unpaired) electrons. The van der Waals surface area contributed by atoms with Gasteiger partial charge in [-0.3, -0.25) is 0 Å². The van der Waals surface area contributed by atoms with Crippen LogP contribution in [0.2, 0.25) is 0 Å². The Morgan fingerprint density at radius 2 is 1.48 bits per heavy atom. The number of benzene rings is 3. The zero-order valence-corrected chi connectivity index (χ0v) is 14.8. The van der Waals surface area contributed by atoms with E-state index in [1.807, 2.05) is 0 Å². The highest BCUT2D eigenvalue weighted by molar-refractivity contribution is 9.10. The zero-order chi connectivity index (χ0) is 15.8. The summed E-state index contributed by atoms with van der Waals surface area (Å²) < 4.78 is 1.14. The van der Waals surface area contributed by atoms with E-state index >= 15 is 0 Å². The highest BCUT2D eigenvalue weighted by Crippen LogP contribution is 2.49. The summed E-state index contributed by atoms with van der Waals surface area (Å²) in [5, 5.41) is 0. The van der Waals surface area contributed by atoms with Gasteiger partial charge in [-0.1, -0.05) is 70.5 Å². The Morgan fingerprint density at radius 3 is 2.22 bits per heavy atom. The Bertz CT molecular complexity index is 859. The average molecular weight is 363 g/mol. The summed E-state index contributed by atoms with van der Waals surface area (Å²) in [6, 6.07) is 24.1. The number of hydrogen-bond donors (Lipinski definition) is 0. The minimum absolute atomic E-state index is 0.708. The molecule has 0 saturated heterocycles. The lowest BCUT2D eigenvalue weighted by atomic mass is 9.88. The second kappa shape index (κ2) is 5.98. The highest BCUT2D eigenvalue weighted by Gasteiger charge is 2.29. The molecule has 4 rings (SSSR count). The largest absolute Gasteiger partial charge is 0.0620 e. The number of hydrogen-bond acceptors (Lipinski definition) is 0. The zero-order valence-electron chi connectivity index (χ0n) is 13.2. The molecular formula is C22H19Br. The van der Waals surface area contributed by atoms with Crippen molar-refractivity contribution in [1.82, 2.24) is 0 Å². The van der Waals surface area contributed by atoms with Gasteiger partial charge in [0, 0.05) is 4.47 Å². The molecule has 1 aliphatic carbocycles. The first-order chi connectivity index (χ1) is 11.2. The predicted molar refractivity (Wildman–Crippen MR) is 102 cm³/mol. The van der Waals surface area contributed by atoms with Crippen LogP contribution in [-0.2, 0) is 0 Å². The minimum Gasteiger partial charge on any atom is -0.0620 e. The molecule has 0 amide bonds. The van der Waals surface area contributed by atoms with Gasteiger partial charge in [0.1, 0.15) is 0 Å². The molecule has 0 nitrogen and oxygen atoms in total. The van der Waals surface area contributed by atoms with Gasteiger partial charge in [-0.05, 0) is 71.2 Å². The fourth-order valence-electron chi connectivity index (χ4n) is 3.39. The van der Waals surface area contributed by atoms with Crippen molar-refractivity contribution in [3.8, 4) is 22.3 Å². The number of rotatable bonds is 3. The van der Waals surface area contributed by atoms with Crippen molar-refractivity contribution in [2.24, 2.45) is 0 Å². The summed E-state index contributed by atoms with van der Waals surface area (Å²) in [5.41, 5.74) is 8.33. The van der Waals surface area contributed by atoms with Gasteiger partial charge in [-0.25, -0.2) is 0 Å². The van der Waals surface area contributed by atoms with E-state index in [1.165, 1.54) is 46.2 Å². The molecule has 3 aromatic rings. The van der Waals surface area contributed by atoms with E-state index in [2.05, 4.69) is 89.6 Å². The van der Waals surface area contributed by atoms with E-state index in [0.717, 1.165) is 4.47 Å². The Labute approximate surface area is 146 Å².